The smallest absolute Gasteiger partial charge is 0.226 e. The first kappa shape index (κ1) is 31.6. The van der Waals surface area contributed by atoms with Gasteiger partial charge in [0.1, 0.15) is 0 Å². The van der Waals surface area contributed by atoms with Crippen LogP contribution in [0, 0.1) is 56.7 Å². The standard InChI is InChI=1S/C38H65NO2/c1-10-11-12-13-14-26(4)39-33(41)38-22-17-27(25(2)3)32(38)28-15-16-30-35(7)20-19-31(40)34(5,6)29(35)18-21-37(30,9)36(28,8)23-24-38/h26-32,40H,2,10-24H2,1,3-9H3,(H,39,41)/t26?,27-,28+,29-,30+,31-,32?,35-,36+,37+,38-/m0/s1. The molecule has 234 valence electrons. The van der Waals surface area contributed by atoms with Gasteiger partial charge in [0.05, 0.1) is 11.5 Å². The van der Waals surface area contributed by atoms with E-state index in [0.29, 0.717) is 40.9 Å². The Hall–Kier alpha value is -0.830. The summed E-state index contributed by atoms with van der Waals surface area (Å²) in [5.41, 5.74) is 1.93. The Labute approximate surface area is 253 Å². The molecule has 0 spiro atoms. The Bertz CT molecular complexity index is 1000. The molecule has 5 aliphatic rings. The fourth-order valence-electron chi connectivity index (χ4n) is 12.8. The molecular formula is C38H65NO2. The summed E-state index contributed by atoms with van der Waals surface area (Å²) in [6.45, 7) is 23.9. The van der Waals surface area contributed by atoms with Gasteiger partial charge in [-0.15, -0.1) is 0 Å². The van der Waals surface area contributed by atoms with Crippen molar-refractivity contribution in [3.63, 3.8) is 0 Å². The van der Waals surface area contributed by atoms with Crippen LogP contribution in [-0.2, 0) is 4.79 Å². The molecule has 0 aliphatic heterocycles. The number of carbonyl (C=O) groups is 1. The van der Waals surface area contributed by atoms with Crippen LogP contribution in [0.5, 0.6) is 0 Å². The zero-order valence-electron chi connectivity index (χ0n) is 28.2. The molecule has 0 heterocycles. The molecule has 11 atom stereocenters. The van der Waals surface area contributed by atoms with Crippen LogP contribution in [0.25, 0.3) is 0 Å². The number of carbonyl (C=O) groups excluding carboxylic acids is 1. The summed E-state index contributed by atoms with van der Waals surface area (Å²) in [4.78, 5) is 14.4. The lowest BCUT2D eigenvalue weighted by molar-refractivity contribution is -0.246. The third-order valence-corrected chi connectivity index (χ3v) is 15.4. The van der Waals surface area contributed by atoms with Crippen LogP contribution in [0.15, 0.2) is 12.2 Å². The lowest BCUT2D eigenvalue weighted by Crippen LogP contribution is -2.67. The number of aliphatic hydroxyl groups is 1. The number of aliphatic hydroxyl groups excluding tert-OH is 1. The van der Waals surface area contributed by atoms with Crippen molar-refractivity contribution in [1.29, 1.82) is 0 Å². The van der Waals surface area contributed by atoms with E-state index in [4.69, 9.17) is 0 Å². The zero-order valence-corrected chi connectivity index (χ0v) is 28.2. The molecule has 0 aromatic carbocycles. The SMILES string of the molecule is C=C(C)[C@@H]1CC[C@]2(C(=O)NC(C)CCCCCC)CC[C@]3(C)[C@H](CC[C@@H]4[C@@]5(C)CC[C@H](O)C(C)(C)[C@@H]5CC[C@]43C)C12. The number of rotatable bonds is 8. The van der Waals surface area contributed by atoms with Gasteiger partial charge in [0.2, 0.25) is 5.91 Å². The highest BCUT2D eigenvalue weighted by Gasteiger charge is 2.71. The number of hydrogen-bond acceptors (Lipinski definition) is 2. The lowest BCUT2D eigenvalue weighted by Gasteiger charge is -2.72. The minimum absolute atomic E-state index is 0.00434. The Kier molecular flexibility index (Phi) is 8.44. The fraction of sp³-hybridized carbons (Fsp3) is 0.921. The van der Waals surface area contributed by atoms with E-state index >= 15 is 0 Å². The van der Waals surface area contributed by atoms with Crippen molar-refractivity contribution in [2.75, 3.05) is 0 Å². The Morgan fingerprint density at radius 3 is 2.29 bits per heavy atom. The first-order valence-corrected chi connectivity index (χ1v) is 17.8. The van der Waals surface area contributed by atoms with Gasteiger partial charge in [-0.3, -0.25) is 4.79 Å². The van der Waals surface area contributed by atoms with Crippen molar-refractivity contribution in [3.8, 4) is 0 Å². The molecule has 0 radical (unpaired) electrons. The van der Waals surface area contributed by atoms with Crippen LogP contribution in [-0.4, -0.2) is 23.2 Å². The number of unbranched alkanes of at least 4 members (excludes halogenated alkanes) is 3. The average molecular weight is 568 g/mol. The van der Waals surface area contributed by atoms with Gasteiger partial charge in [0.25, 0.3) is 0 Å². The van der Waals surface area contributed by atoms with Crippen molar-refractivity contribution >= 4 is 5.91 Å². The summed E-state index contributed by atoms with van der Waals surface area (Å²) < 4.78 is 0. The first-order valence-electron chi connectivity index (χ1n) is 17.8. The van der Waals surface area contributed by atoms with Gasteiger partial charge < -0.3 is 10.4 Å². The predicted molar refractivity (Wildman–Crippen MR) is 171 cm³/mol. The lowest BCUT2D eigenvalue weighted by atomic mass is 9.32. The number of nitrogens with one attached hydrogen (secondary N) is 1. The van der Waals surface area contributed by atoms with E-state index in [1.165, 1.54) is 69.8 Å². The molecule has 2 unspecified atom stereocenters. The third kappa shape index (κ3) is 4.63. The number of allylic oxidation sites excluding steroid dienone is 1. The molecule has 3 nitrogen and oxygen atoms in total. The highest BCUT2D eigenvalue weighted by atomic mass is 16.3. The third-order valence-electron chi connectivity index (χ3n) is 15.4. The summed E-state index contributed by atoms with van der Waals surface area (Å²) >= 11 is 0. The Balaban J connectivity index is 1.44. The maximum Gasteiger partial charge on any atom is 0.226 e. The predicted octanol–water partition coefficient (Wildman–Crippen LogP) is 9.48. The first-order chi connectivity index (χ1) is 19.2. The molecule has 3 heteroatoms. The highest BCUT2D eigenvalue weighted by Crippen LogP contribution is 2.77. The Morgan fingerprint density at radius 1 is 0.878 bits per heavy atom. The van der Waals surface area contributed by atoms with E-state index in [1.54, 1.807) is 0 Å². The van der Waals surface area contributed by atoms with Crippen LogP contribution >= 0.6 is 0 Å². The van der Waals surface area contributed by atoms with Crippen molar-refractivity contribution in [3.05, 3.63) is 12.2 Å². The van der Waals surface area contributed by atoms with Gasteiger partial charge in [-0.25, -0.2) is 0 Å². The summed E-state index contributed by atoms with van der Waals surface area (Å²) in [5.74, 6) is 3.17. The highest BCUT2D eigenvalue weighted by molar-refractivity contribution is 5.84. The second-order valence-corrected chi connectivity index (χ2v) is 17.4. The molecule has 0 aromatic heterocycles. The molecule has 1 amide bonds. The van der Waals surface area contributed by atoms with Crippen molar-refractivity contribution in [2.45, 2.75) is 164 Å². The maximum absolute atomic E-state index is 14.4. The van der Waals surface area contributed by atoms with Crippen molar-refractivity contribution in [1.82, 2.24) is 5.32 Å². The molecule has 0 saturated heterocycles. The molecule has 5 rings (SSSR count). The fourth-order valence-corrected chi connectivity index (χ4v) is 12.8. The van der Waals surface area contributed by atoms with Gasteiger partial charge in [-0.05, 0) is 136 Å². The summed E-state index contributed by atoms with van der Waals surface area (Å²) in [6, 6.07) is 0.264. The maximum atomic E-state index is 14.4. The Morgan fingerprint density at radius 2 is 1.61 bits per heavy atom. The monoisotopic (exact) mass is 568 g/mol. The second-order valence-electron chi connectivity index (χ2n) is 17.4. The molecule has 5 aliphatic carbocycles. The van der Waals surface area contributed by atoms with Crippen LogP contribution in [0.4, 0.5) is 0 Å². The van der Waals surface area contributed by atoms with Crippen molar-refractivity contribution in [2.24, 2.45) is 56.7 Å². The van der Waals surface area contributed by atoms with Crippen LogP contribution in [0.2, 0.25) is 0 Å². The topological polar surface area (TPSA) is 49.3 Å². The van der Waals surface area contributed by atoms with Gasteiger partial charge >= 0.3 is 0 Å². The normalized spacial score (nSPS) is 47.3. The minimum atomic E-state index is -0.216. The molecule has 2 N–H and O–H groups in total. The van der Waals surface area contributed by atoms with E-state index in [9.17, 15) is 9.90 Å². The van der Waals surface area contributed by atoms with Crippen LogP contribution in [0.1, 0.15) is 152 Å². The van der Waals surface area contributed by atoms with E-state index in [0.717, 1.165) is 32.1 Å². The van der Waals surface area contributed by atoms with Crippen LogP contribution in [0.3, 0.4) is 0 Å². The largest absolute Gasteiger partial charge is 0.393 e. The average Bonchev–Trinajstić information content (AvgIpc) is 3.31. The van der Waals surface area contributed by atoms with Crippen LogP contribution < -0.4 is 5.32 Å². The number of fused-ring (bicyclic) bond motifs is 7. The molecule has 0 aromatic rings. The molecule has 5 fully saturated rings. The van der Waals surface area contributed by atoms with Gasteiger partial charge in [0.15, 0.2) is 0 Å². The summed E-state index contributed by atoms with van der Waals surface area (Å²) in [6.07, 6.45) is 17.6. The molecule has 41 heavy (non-hydrogen) atoms. The van der Waals surface area contributed by atoms with E-state index in [1.807, 2.05) is 0 Å². The van der Waals surface area contributed by atoms with E-state index < -0.39 is 0 Å². The van der Waals surface area contributed by atoms with Gasteiger partial charge in [-0.2, -0.15) is 0 Å². The zero-order chi connectivity index (χ0) is 30.0. The van der Waals surface area contributed by atoms with Gasteiger partial charge in [-0.1, -0.05) is 79.4 Å². The number of amides is 1. The van der Waals surface area contributed by atoms with Crippen molar-refractivity contribution < 1.29 is 9.90 Å². The molecular weight excluding hydrogens is 502 g/mol. The second kappa shape index (κ2) is 11.0. The van der Waals surface area contributed by atoms with E-state index in [-0.39, 0.29) is 33.8 Å². The molecule has 0 bridgehead atoms. The van der Waals surface area contributed by atoms with Gasteiger partial charge in [0, 0.05) is 6.04 Å². The summed E-state index contributed by atoms with van der Waals surface area (Å²) in [7, 11) is 0. The van der Waals surface area contributed by atoms with E-state index in [2.05, 4.69) is 67.3 Å². The quantitative estimate of drug-likeness (QED) is 0.227. The number of hydrogen-bond donors (Lipinski definition) is 2. The minimum Gasteiger partial charge on any atom is -0.393 e. The molecule has 5 saturated carbocycles. The summed E-state index contributed by atoms with van der Waals surface area (Å²) in [5, 5.41) is 14.6.